The maximum atomic E-state index is 5.27. The highest BCUT2D eigenvalue weighted by Gasteiger charge is 2.06. The zero-order chi connectivity index (χ0) is 14.4. The molecule has 2 aromatic rings. The molecule has 5 heteroatoms. The minimum atomic E-state index is 0. The Bertz CT molecular complexity index is 573. The Morgan fingerprint density at radius 2 is 1.95 bits per heavy atom. The lowest BCUT2D eigenvalue weighted by Crippen LogP contribution is -2.03. The standard InChI is InChI=1S/C15H19N3O2.CH4/c1-11-9-13(19-2)10-15(17-11)14-7-3-5-12(18-14)6-4-8-20-16;/h3,5,7,9-10H,4,6,8,16H2,1-2H3;1H4. The maximum absolute atomic E-state index is 5.27. The van der Waals surface area contributed by atoms with Gasteiger partial charge in [0.05, 0.1) is 25.1 Å². The van der Waals surface area contributed by atoms with E-state index in [2.05, 4.69) is 14.8 Å². The van der Waals surface area contributed by atoms with E-state index in [9.17, 15) is 0 Å². The van der Waals surface area contributed by atoms with Crippen molar-refractivity contribution in [1.29, 1.82) is 0 Å². The van der Waals surface area contributed by atoms with Crippen molar-refractivity contribution in [2.24, 2.45) is 5.90 Å². The average Bonchev–Trinajstić information content (AvgIpc) is 2.47. The van der Waals surface area contributed by atoms with Crippen LogP contribution in [0.3, 0.4) is 0 Å². The van der Waals surface area contributed by atoms with Gasteiger partial charge in [0.15, 0.2) is 0 Å². The van der Waals surface area contributed by atoms with Gasteiger partial charge >= 0.3 is 0 Å². The van der Waals surface area contributed by atoms with Gasteiger partial charge in [0, 0.05) is 23.5 Å². The van der Waals surface area contributed by atoms with Gasteiger partial charge in [-0.25, -0.2) is 5.90 Å². The average molecular weight is 289 g/mol. The normalized spacial score (nSPS) is 10.0. The lowest BCUT2D eigenvalue weighted by molar-refractivity contribution is 0.135. The fourth-order valence-electron chi connectivity index (χ4n) is 1.98. The number of nitrogens with zero attached hydrogens (tertiary/aromatic N) is 2. The van der Waals surface area contributed by atoms with Crippen LogP contribution in [0.25, 0.3) is 11.4 Å². The van der Waals surface area contributed by atoms with Crippen molar-refractivity contribution in [3.63, 3.8) is 0 Å². The molecule has 2 rings (SSSR count). The van der Waals surface area contributed by atoms with Crippen molar-refractivity contribution in [1.82, 2.24) is 9.97 Å². The molecule has 0 bridgehead atoms. The van der Waals surface area contributed by atoms with E-state index in [1.807, 2.05) is 37.3 Å². The molecule has 0 saturated carbocycles. The van der Waals surface area contributed by atoms with Crippen molar-refractivity contribution < 1.29 is 9.57 Å². The topological polar surface area (TPSA) is 70.3 Å². The van der Waals surface area contributed by atoms with Crippen molar-refractivity contribution in [2.45, 2.75) is 27.2 Å². The molecule has 114 valence electrons. The van der Waals surface area contributed by atoms with Crippen LogP contribution in [0.15, 0.2) is 30.3 Å². The van der Waals surface area contributed by atoms with Crippen molar-refractivity contribution in [3.05, 3.63) is 41.7 Å². The van der Waals surface area contributed by atoms with Crippen LogP contribution >= 0.6 is 0 Å². The Balaban J connectivity index is 0.00000220. The van der Waals surface area contributed by atoms with Gasteiger partial charge in [0.25, 0.3) is 0 Å². The number of methoxy groups -OCH3 is 1. The van der Waals surface area contributed by atoms with E-state index < -0.39 is 0 Å². The van der Waals surface area contributed by atoms with Crippen LogP contribution in [0.2, 0.25) is 0 Å². The quantitative estimate of drug-likeness (QED) is 0.654. The Hall–Kier alpha value is -1.98. The third kappa shape index (κ3) is 4.81. The van der Waals surface area contributed by atoms with E-state index in [4.69, 9.17) is 10.6 Å². The first-order valence-corrected chi connectivity index (χ1v) is 6.53. The van der Waals surface area contributed by atoms with Crippen LogP contribution in [-0.4, -0.2) is 23.7 Å². The third-order valence-electron chi connectivity index (χ3n) is 2.93. The number of nitrogens with two attached hydrogens (primary N) is 1. The van der Waals surface area contributed by atoms with E-state index in [0.717, 1.165) is 41.4 Å². The molecule has 0 amide bonds. The van der Waals surface area contributed by atoms with E-state index in [0.29, 0.717) is 6.61 Å². The fraction of sp³-hybridized carbons (Fsp3) is 0.375. The first-order valence-electron chi connectivity index (χ1n) is 6.53. The summed E-state index contributed by atoms with van der Waals surface area (Å²) in [6, 6.07) is 9.71. The number of rotatable bonds is 6. The van der Waals surface area contributed by atoms with Gasteiger partial charge in [-0.05, 0) is 31.9 Å². The lowest BCUT2D eigenvalue weighted by atomic mass is 10.1. The second kappa shape index (κ2) is 8.34. The summed E-state index contributed by atoms with van der Waals surface area (Å²) in [6.45, 7) is 2.47. The summed E-state index contributed by atoms with van der Waals surface area (Å²) in [7, 11) is 1.65. The predicted octanol–water partition coefficient (Wildman–Crippen LogP) is 2.92. The Kier molecular flexibility index (Phi) is 6.78. The largest absolute Gasteiger partial charge is 0.497 e. The first kappa shape index (κ1) is 17.1. The van der Waals surface area contributed by atoms with Gasteiger partial charge in [-0.3, -0.25) is 9.97 Å². The van der Waals surface area contributed by atoms with Gasteiger partial charge in [-0.15, -0.1) is 0 Å². The summed E-state index contributed by atoms with van der Waals surface area (Å²) in [5, 5.41) is 0. The minimum Gasteiger partial charge on any atom is -0.497 e. The Labute approximate surface area is 126 Å². The number of hydrogen-bond donors (Lipinski definition) is 1. The van der Waals surface area contributed by atoms with E-state index in [1.54, 1.807) is 7.11 Å². The van der Waals surface area contributed by atoms with Crippen molar-refractivity contribution in [2.75, 3.05) is 13.7 Å². The number of aryl methyl sites for hydroxylation is 2. The molecule has 0 spiro atoms. The summed E-state index contributed by atoms with van der Waals surface area (Å²) in [5.74, 6) is 5.81. The molecule has 0 aliphatic carbocycles. The first-order chi connectivity index (χ1) is 9.72. The number of aromatic nitrogens is 2. The third-order valence-corrected chi connectivity index (χ3v) is 2.93. The molecule has 2 N–H and O–H groups in total. The summed E-state index contributed by atoms with van der Waals surface area (Å²) >= 11 is 0. The molecule has 5 nitrogen and oxygen atoms in total. The van der Waals surface area contributed by atoms with Crippen LogP contribution in [0.1, 0.15) is 25.2 Å². The highest BCUT2D eigenvalue weighted by atomic mass is 16.6. The van der Waals surface area contributed by atoms with Crippen molar-refractivity contribution in [3.8, 4) is 17.1 Å². The summed E-state index contributed by atoms with van der Waals surface area (Å²) in [4.78, 5) is 13.7. The summed E-state index contributed by atoms with van der Waals surface area (Å²) in [6.07, 6.45) is 1.67. The zero-order valence-corrected chi connectivity index (χ0v) is 11.8. The van der Waals surface area contributed by atoms with Crippen LogP contribution in [0.5, 0.6) is 5.75 Å². The predicted molar refractivity (Wildman–Crippen MR) is 83.9 cm³/mol. The van der Waals surface area contributed by atoms with E-state index >= 15 is 0 Å². The molecule has 2 aromatic heterocycles. The van der Waals surface area contributed by atoms with E-state index in [-0.39, 0.29) is 7.43 Å². The van der Waals surface area contributed by atoms with Gasteiger partial charge in [0.2, 0.25) is 0 Å². The molecule has 0 aliphatic rings. The molecule has 0 fully saturated rings. The number of pyridine rings is 2. The number of ether oxygens (including phenoxy) is 1. The molecule has 0 aliphatic heterocycles. The van der Waals surface area contributed by atoms with Gasteiger partial charge in [0.1, 0.15) is 5.75 Å². The molecule has 0 aromatic carbocycles. The molecule has 0 saturated heterocycles. The van der Waals surface area contributed by atoms with Crippen LogP contribution in [-0.2, 0) is 11.3 Å². The second-order valence-corrected chi connectivity index (χ2v) is 4.52. The van der Waals surface area contributed by atoms with E-state index in [1.165, 1.54) is 0 Å². The van der Waals surface area contributed by atoms with Crippen LogP contribution in [0, 0.1) is 6.92 Å². The molecule has 0 radical (unpaired) electrons. The fourth-order valence-corrected chi connectivity index (χ4v) is 1.98. The molecule has 0 unspecified atom stereocenters. The maximum Gasteiger partial charge on any atom is 0.122 e. The summed E-state index contributed by atoms with van der Waals surface area (Å²) < 4.78 is 5.27. The summed E-state index contributed by atoms with van der Waals surface area (Å²) in [5.41, 5.74) is 3.57. The van der Waals surface area contributed by atoms with Crippen molar-refractivity contribution >= 4 is 0 Å². The molecule has 2 heterocycles. The highest BCUT2D eigenvalue weighted by Crippen LogP contribution is 2.21. The molecule has 21 heavy (non-hydrogen) atoms. The smallest absolute Gasteiger partial charge is 0.122 e. The molecule has 0 atom stereocenters. The monoisotopic (exact) mass is 289 g/mol. The van der Waals surface area contributed by atoms with Crippen LogP contribution < -0.4 is 10.6 Å². The zero-order valence-electron chi connectivity index (χ0n) is 11.8. The van der Waals surface area contributed by atoms with Gasteiger partial charge in [-0.1, -0.05) is 13.5 Å². The second-order valence-electron chi connectivity index (χ2n) is 4.52. The SMILES string of the molecule is C.COc1cc(C)nc(-c2cccc(CCCON)n2)c1. The minimum absolute atomic E-state index is 0. The number of hydrogen-bond acceptors (Lipinski definition) is 5. The molecular formula is C16H23N3O2. The Morgan fingerprint density at radius 1 is 1.14 bits per heavy atom. The Morgan fingerprint density at radius 3 is 2.67 bits per heavy atom. The van der Waals surface area contributed by atoms with Gasteiger partial charge < -0.3 is 9.57 Å². The molecular weight excluding hydrogens is 266 g/mol. The van der Waals surface area contributed by atoms with Gasteiger partial charge in [-0.2, -0.15) is 0 Å². The lowest BCUT2D eigenvalue weighted by Gasteiger charge is -2.07. The highest BCUT2D eigenvalue weighted by molar-refractivity contribution is 5.56. The van der Waals surface area contributed by atoms with Crippen LogP contribution in [0.4, 0.5) is 0 Å².